The second-order valence-corrected chi connectivity index (χ2v) is 4.97. The monoisotopic (exact) mass is 210 g/mol. The first-order chi connectivity index (χ1) is 7.33. The zero-order chi connectivity index (χ0) is 10.9. The van der Waals surface area contributed by atoms with Crippen molar-refractivity contribution in [1.29, 1.82) is 0 Å². The van der Waals surface area contributed by atoms with Crippen LogP contribution in [0.2, 0.25) is 0 Å². The summed E-state index contributed by atoms with van der Waals surface area (Å²) in [4.78, 5) is 0. The van der Waals surface area contributed by atoms with E-state index in [0.29, 0.717) is 0 Å². The van der Waals surface area contributed by atoms with Gasteiger partial charge in [0.15, 0.2) is 0 Å². The predicted molar refractivity (Wildman–Crippen MR) is 65.9 cm³/mol. The molecule has 1 rings (SSSR count). The molecule has 1 saturated carbocycles. The Hall–Kier alpha value is -0.300. The summed E-state index contributed by atoms with van der Waals surface area (Å²) in [6.07, 6.45) is 14.3. The smallest absolute Gasteiger partial charge is 0.0543 e. The summed E-state index contributed by atoms with van der Waals surface area (Å²) in [6.45, 7) is 3.70. The molecule has 1 heteroatoms. The van der Waals surface area contributed by atoms with Crippen molar-refractivity contribution in [2.75, 3.05) is 0 Å². The quantitative estimate of drug-likeness (QED) is 0.398. The van der Waals surface area contributed by atoms with Gasteiger partial charge in [0.05, 0.1) is 6.10 Å². The molecule has 0 aromatic carbocycles. The maximum absolute atomic E-state index is 9.89. The van der Waals surface area contributed by atoms with Gasteiger partial charge in [-0.25, -0.2) is 0 Å². The van der Waals surface area contributed by atoms with Crippen molar-refractivity contribution in [2.45, 2.75) is 70.3 Å². The van der Waals surface area contributed by atoms with Crippen molar-refractivity contribution in [3.05, 3.63) is 12.7 Å². The fourth-order valence-electron chi connectivity index (χ4n) is 2.60. The summed E-state index contributed by atoms with van der Waals surface area (Å²) in [7, 11) is 0. The number of unbranched alkanes of at least 4 members (excludes halogenated alkanes) is 1. The van der Waals surface area contributed by atoms with E-state index in [1.54, 1.807) is 0 Å². The van der Waals surface area contributed by atoms with Gasteiger partial charge in [-0.3, -0.25) is 0 Å². The average Bonchev–Trinajstić information content (AvgIpc) is 2.47. The molecular formula is C14H26O. The van der Waals surface area contributed by atoms with Gasteiger partial charge in [-0.15, -0.1) is 6.58 Å². The Bertz CT molecular complexity index is 157. The van der Waals surface area contributed by atoms with E-state index in [4.69, 9.17) is 0 Å². The first-order valence-electron chi connectivity index (χ1n) is 6.62. The molecule has 0 spiro atoms. The van der Waals surface area contributed by atoms with Crippen LogP contribution in [0.15, 0.2) is 12.7 Å². The number of hydrogen-bond donors (Lipinski definition) is 1. The van der Waals surface area contributed by atoms with Gasteiger partial charge in [-0.1, -0.05) is 44.6 Å². The van der Waals surface area contributed by atoms with E-state index in [1.807, 2.05) is 6.08 Å². The fourth-order valence-corrected chi connectivity index (χ4v) is 2.60. The maximum atomic E-state index is 9.89. The lowest BCUT2D eigenvalue weighted by molar-refractivity contribution is 0.126. The van der Waals surface area contributed by atoms with E-state index in [2.05, 4.69) is 6.58 Å². The molecule has 1 unspecified atom stereocenters. The van der Waals surface area contributed by atoms with E-state index in [-0.39, 0.29) is 6.10 Å². The molecule has 1 aliphatic rings. The van der Waals surface area contributed by atoms with Crippen LogP contribution in [0.5, 0.6) is 0 Å². The van der Waals surface area contributed by atoms with Gasteiger partial charge in [0.25, 0.3) is 0 Å². The molecule has 0 aromatic heterocycles. The Morgan fingerprint density at radius 3 is 2.47 bits per heavy atom. The highest BCUT2D eigenvalue weighted by Crippen LogP contribution is 2.27. The molecule has 0 radical (unpaired) electrons. The third kappa shape index (κ3) is 5.99. The zero-order valence-electron chi connectivity index (χ0n) is 9.96. The minimum atomic E-state index is -0.0620. The first-order valence-corrected chi connectivity index (χ1v) is 6.62. The molecule has 15 heavy (non-hydrogen) atoms. The molecular weight excluding hydrogens is 184 g/mol. The maximum Gasteiger partial charge on any atom is 0.0543 e. The average molecular weight is 210 g/mol. The van der Waals surface area contributed by atoms with Crippen LogP contribution >= 0.6 is 0 Å². The van der Waals surface area contributed by atoms with Crippen LogP contribution in [-0.2, 0) is 0 Å². The Morgan fingerprint density at radius 2 is 1.87 bits per heavy atom. The van der Waals surface area contributed by atoms with Gasteiger partial charge in [-0.05, 0) is 31.6 Å². The predicted octanol–water partition coefficient (Wildman–Crippen LogP) is 4.06. The van der Waals surface area contributed by atoms with Crippen LogP contribution in [-0.4, -0.2) is 11.2 Å². The Labute approximate surface area is 94.6 Å². The van der Waals surface area contributed by atoms with Crippen LogP contribution in [0.4, 0.5) is 0 Å². The van der Waals surface area contributed by atoms with Crippen molar-refractivity contribution in [3.8, 4) is 0 Å². The molecule has 1 aliphatic carbocycles. The van der Waals surface area contributed by atoms with E-state index in [0.717, 1.165) is 31.6 Å². The highest BCUT2D eigenvalue weighted by Gasteiger charge is 2.15. The van der Waals surface area contributed by atoms with Crippen LogP contribution in [0.3, 0.4) is 0 Å². The standard InChI is InChI=1S/C14H26O/c1-2-3-6-11-14(15)12-13-9-7-4-5-8-10-13/h2,13-15H,1,3-12H2. The first kappa shape index (κ1) is 12.8. The lowest BCUT2D eigenvalue weighted by atomic mass is 9.92. The lowest BCUT2D eigenvalue weighted by Crippen LogP contribution is -2.13. The molecule has 0 saturated heterocycles. The van der Waals surface area contributed by atoms with Crippen LogP contribution in [0.25, 0.3) is 0 Å². The normalized spacial score (nSPS) is 20.9. The largest absolute Gasteiger partial charge is 0.393 e. The summed E-state index contributed by atoms with van der Waals surface area (Å²) in [6, 6.07) is 0. The van der Waals surface area contributed by atoms with E-state index >= 15 is 0 Å². The summed E-state index contributed by atoms with van der Waals surface area (Å²) >= 11 is 0. The van der Waals surface area contributed by atoms with Crippen molar-refractivity contribution < 1.29 is 5.11 Å². The number of hydrogen-bond acceptors (Lipinski definition) is 1. The number of rotatable bonds is 6. The molecule has 1 N–H and O–H groups in total. The molecule has 0 bridgehead atoms. The van der Waals surface area contributed by atoms with E-state index < -0.39 is 0 Å². The fraction of sp³-hybridized carbons (Fsp3) is 0.857. The Balaban J connectivity index is 2.11. The molecule has 88 valence electrons. The SMILES string of the molecule is C=CCCCC(O)CC1CCCCCC1. The van der Waals surface area contributed by atoms with Gasteiger partial charge >= 0.3 is 0 Å². The van der Waals surface area contributed by atoms with Gasteiger partial charge in [-0.2, -0.15) is 0 Å². The second kappa shape index (κ2) is 7.92. The van der Waals surface area contributed by atoms with E-state index in [1.165, 1.54) is 38.5 Å². The Morgan fingerprint density at radius 1 is 1.20 bits per heavy atom. The summed E-state index contributed by atoms with van der Waals surface area (Å²) < 4.78 is 0. The van der Waals surface area contributed by atoms with E-state index in [9.17, 15) is 5.11 Å². The van der Waals surface area contributed by atoms with Crippen molar-refractivity contribution in [3.63, 3.8) is 0 Å². The third-order valence-electron chi connectivity index (χ3n) is 3.53. The molecule has 0 amide bonds. The summed E-state index contributed by atoms with van der Waals surface area (Å²) in [5.74, 6) is 0.797. The highest BCUT2D eigenvalue weighted by atomic mass is 16.3. The lowest BCUT2D eigenvalue weighted by Gasteiger charge is -2.18. The topological polar surface area (TPSA) is 20.2 Å². The number of allylic oxidation sites excluding steroid dienone is 1. The highest BCUT2D eigenvalue weighted by molar-refractivity contribution is 4.71. The van der Waals surface area contributed by atoms with Crippen molar-refractivity contribution in [1.82, 2.24) is 0 Å². The van der Waals surface area contributed by atoms with Crippen LogP contribution < -0.4 is 0 Å². The van der Waals surface area contributed by atoms with Gasteiger partial charge in [0, 0.05) is 0 Å². The van der Waals surface area contributed by atoms with Crippen molar-refractivity contribution >= 4 is 0 Å². The molecule has 1 fully saturated rings. The minimum Gasteiger partial charge on any atom is -0.393 e. The van der Waals surface area contributed by atoms with Crippen LogP contribution in [0.1, 0.15) is 64.2 Å². The molecule has 0 heterocycles. The van der Waals surface area contributed by atoms with Gasteiger partial charge in [0.1, 0.15) is 0 Å². The van der Waals surface area contributed by atoms with Gasteiger partial charge in [0.2, 0.25) is 0 Å². The second-order valence-electron chi connectivity index (χ2n) is 4.97. The summed E-state index contributed by atoms with van der Waals surface area (Å²) in [5.41, 5.74) is 0. The molecule has 1 atom stereocenters. The molecule has 0 aliphatic heterocycles. The number of aliphatic hydroxyl groups excluding tert-OH is 1. The third-order valence-corrected chi connectivity index (χ3v) is 3.53. The van der Waals surface area contributed by atoms with Crippen molar-refractivity contribution in [2.24, 2.45) is 5.92 Å². The minimum absolute atomic E-state index is 0.0620. The zero-order valence-corrected chi connectivity index (χ0v) is 9.96. The number of aliphatic hydroxyl groups is 1. The van der Waals surface area contributed by atoms with Gasteiger partial charge < -0.3 is 5.11 Å². The molecule has 0 aromatic rings. The van der Waals surface area contributed by atoms with Crippen LogP contribution in [0, 0.1) is 5.92 Å². The summed E-state index contributed by atoms with van der Waals surface area (Å²) in [5, 5.41) is 9.89. The Kier molecular flexibility index (Phi) is 6.74. The molecule has 1 nitrogen and oxygen atoms in total.